The van der Waals surface area contributed by atoms with Crippen LogP contribution in [0, 0.1) is 12.1 Å². The molecular formula is C18H14N4O2S. The minimum absolute atomic E-state index is 0.289. The topological polar surface area (TPSA) is 84.7 Å². The van der Waals surface area contributed by atoms with Crippen LogP contribution in [0.15, 0.2) is 54.2 Å². The molecule has 124 valence electrons. The summed E-state index contributed by atoms with van der Waals surface area (Å²) in [5.41, 5.74) is 4.21. The summed E-state index contributed by atoms with van der Waals surface area (Å²) in [5.74, 6) is -0.359. The molecule has 0 fully saturated rings. The number of aryl methyl sites for hydroxylation is 1. The number of thiazole rings is 1. The Morgan fingerprint density at radius 2 is 2.12 bits per heavy atom. The molecule has 0 saturated heterocycles. The number of anilines is 1. The Kier molecular flexibility index (Phi) is 3.70. The summed E-state index contributed by atoms with van der Waals surface area (Å²) < 4.78 is 0.595. The fourth-order valence-corrected chi connectivity index (χ4v) is 3.51. The van der Waals surface area contributed by atoms with E-state index in [1.165, 1.54) is 29.8 Å². The van der Waals surface area contributed by atoms with Gasteiger partial charge in [-0.3, -0.25) is 10.1 Å². The third kappa shape index (κ3) is 2.85. The summed E-state index contributed by atoms with van der Waals surface area (Å²) in [5, 5.41) is 17.5. The van der Waals surface area contributed by atoms with E-state index in [4.69, 9.17) is 0 Å². The highest BCUT2D eigenvalue weighted by Gasteiger charge is 2.15. The van der Waals surface area contributed by atoms with Gasteiger partial charge in [0.25, 0.3) is 5.91 Å². The number of nitrogens with one attached hydrogen (secondary N) is 2. The van der Waals surface area contributed by atoms with Gasteiger partial charge in [0, 0.05) is 33.6 Å². The van der Waals surface area contributed by atoms with Gasteiger partial charge < -0.3 is 10.2 Å². The molecule has 6 nitrogen and oxygen atoms in total. The number of amides is 1. The van der Waals surface area contributed by atoms with Crippen LogP contribution >= 0.6 is 11.3 Å². The number of H-pyrrole nitrogens is 1. The first kappa shape index (κ1) is 15.3. The second-order valence-electron chi connectivity index (χ2n) is 5.62. The molecule has 1 amide bonds. The van der Waals surface area contributed by atoms with Crippen molar-refractivity contribution in [3.63, 3.8) is 0 Å². The molecule has 4 aromatic rings. The summed E-state index contributed by atoms with van der Waals surface area (Å²) in [4.78, 5) is 20.1. The number of nitrogens with zero attached hydrogens (tertiary/aromatic N) is 2. The quantitative estimate of drug-likeness (QED) is 0.438. The number of rotatable bonds is 3. The molecule has 0 spiro atoms. The molecule has 0 aliphatic heterocycles. The van der Waals surface area contributed by atoms with E-state index in [9.17, 15) is 10.0 Å². The van der Waals surface area contributed by atoms with Crippen LogP contribution in [-0.4, -0.2) is 15.9 Å². The summed E-state index contributed by atoms with van der Waals surface area (Å²) in [6.45, 7) is 2.00. The highest BCUT2D eigenvalue weighted by molar-refractivity contribution is 7.14. The lowest BCUT2D eigenvalue weighted by molar-refractivity contribution is -0.605. The van der Waals surface area contributed by atoms with Crippen LogP contribution in [0.2, 0.25) is 0 Å². The molecule has 0 aliphatic carbocycles. The minimum Gasteiger partial charge on any atom is -0.619 e. The molecule has 7 heteroatoms. The van der Waals surface area contributed by atoms with E-state index in [1.54, 1.807) is 6.07 Å². The van der Waals surface area contributed by atoms with Crippen molar-refractivity contribution in [3.8, 4) is 11.3 Å². The van der Waals surface area contributed by atoms with Crippen LogP contribution in [0.1, 0.15) is 16.1 Å². The van der Waals surface area contributed by atoms with Gasteiger partial charge in [-0.1, -0.05) is 18.2 Å². The molecule has 0 radical (unpaired) electrons. The third-order valence-corrected chi connectivity index (χ3v) is 4.67. The maximum atomic E-state index is 12.2. The lowest BCUT2D eigenvalue weighted by atomic mass is 10.1. The first-order valence-electron chi connectivity index (χ1n) is 7.65. The van der Waals surface area contributed by atoms with Crippen molar-refractivity contribution in [1.29, 1.82) is 0 Å². The van der Waals surface area contributed by atoms with Crippen LogP contribution in [0.25, 0.3) is 22.2 Å². The van der Waals surface area contributed by atoms with Crippen molar-refractivity contribution in [1.82, 2.24) is 9.97 Å². The Bertz CT molecular complexity index is 1080. The average molecular weight is 350 g/mol. The average Bonchev–Trinajstić information content (AvgIpc) is 3.17. The SMILES string of the molecule is Cc1[nH]c2ccccc2c1-c1csc(NC(=O)c2ccc[n+]([O-])c2)n1. The Hall–Kier alpha value is -3.19. The first-order chi connectivity index (χ1) is 12.1. The lowest BCUT2D eigenvalue weighted by Crippen LogP contribution is -2.27. The zero-order valence-corrected chi connectivity index (χ0v) is 14.1. The van der Waals surface area contributed by atoms with Crippen LogP contribution < -0.4 is 10.0 Å². The predicted molar refractivity (Wildman–Crippen MR) is 97.5 cm³/mol. The van der Waals surface area contributed by atoms with E-state index < -0.39 is 0 Å². The molecular weight excluding hydrogens is 336 g/mol. The van der Waals surface area contributed by atoms with Gasteiger partial charge in [0.2, 0.25) is 0 Å². The maximum Gasteiger partial charge on any atom is 0.263 e. The van der Waals surface area contributed by atoms with Crippen molar-refractivity contribution in [2.24, 2.45) is 0 Å². The largest absolute Gasteiger partial charge is 0.619 e. The van der Waals surface area contributed by atoms with Gasteiger partial charge in [0.1, 0.15) is 5.56 Å². The lowest BCUT2D eigenvalue weighted by Gasteiger charge is -2.01. The van der Waals surface area contributed by atoms with Gasteiger partial charge in [0.15, 0.2) is 17.5 Å². The normalized spacial score (nSPS) is 10.9. The van der Waals surface area contributed by atoms with E-state index >= 15 is 0 Å². The van der Waals surface area contributed by atoms with Crippen LogP contribution in [0.3, 0.4) is 0 Å². The van der Waals surface area contributed by atoms with Crippen LogP contribution in [0.5, 0.6) is 0 Å². The van der Waals surface area contributed by atoms with Gasteiger partial charge in [-0.25, -0.2) is 4.98 Å². The van der Waals surface area contributed by atoms with Crippen molar-refractivity contribution in [2.45, 2.75) is 6.92 Å². The number of benzene rings is 1. The van der Waals surface area contributed by atoms with Gasteiger partial charge in [-0.15, -0.1) is 11.3 Å². The van der Waals surface area contributed by atoms with Gasteiger partial charge in [-0.05, 0) is 19.1 Å². The fraction of sp³-hybridized carbons (Fsp3) is 0.0556. The zero-order valence-electron chi connectivity index (χ0n) is 13.3. The number of carbonyl (C=O) groups excluding carboxylic acids is 1. The number of hydrogen-bond acceptors (Lipinski definition) is 4. The molecule has 0 saturated carbocycles. The number of aromatic nitrogens is 3. The standard InChI is InChI=1S/C18H14N4O2S/c1-11-16(13-6-2-3-7-14(13)19-11)15-10-25-18(20-15)21-17(23)12-5-4-8-22(24)9-12/h2-10,19H,1H3,(H,20,21,23). The molecule has 25 heavy (non-hydrogen) atoms. The zero-order chi connectivity index (χ0) is 17.4. The second kappa shape index (κ2) is 6.03. The van der Waals surface area contributed by atoms with E-state index in [0.29, 0.717) is 9.86 Å². The highest BCUT2D eigenvalue weighted by atomic mass is 32.1. The molecule has 4 rings (SSSR count). The van der Waals surface area contributed by atoms with Crippen molar-refractivity contribution in [2.75, 3.05) is 5.32 Å². The number of para-hydroxylation sites is 1. The molecule has 3 aromatic heterocycles. The van der Waals surface area contributed by atoms with Gasteiger partial charge in [0.05, 0.1) is 5.69 Å². The Morgan fingerprint density at radius 3 is 2.96 bits per heavy atom. The van der Waals surface area contributed by atoms with E-state index in [2.05, 4.69) is 15.3 Å². The minimum atomic E-state index is -0.359. The van der Waals surface area contributed by atoms with E-state index in [1.807, 2.05) is 36.6 Å². The summed E-state index contributed by atoms with van der Waals surface area (Å²) >= 11 is 1.35. The first-order valence-corrected chi connectivity index (χ1v) is 8.53. The summed E-state index contributed by atoms with van der Waals surface area (Å²) in [6, 6.07) is 11.2. The maximum absolute atomic E-state index is 12.2. The Morgan fingerprint density at radius 1 is 1.28 bits per heavy atom. The molecule has 0 aliphatic rings. The van der Waals surface area contributed by atoms with Crippen LogP contribution in [0.4, 0.5) is 5.13 Å². The van der Waals surface area contributed by atoms with Crippen molar-refractivity contribution < 1.29 is 9.52 Å². The predicted octanol–water partition coefficient (Wildman–Crippen LogP) is 3.49. The van der Waals surface area contributed by atoms with E-state index in [-0.39, 0.29) is 11.5 Å². The molecule has 0 bridgehead atoms. The number of pyridine rings is 1. The van der Waals surface area contributed by atoms with Crippen molar-refractivity contribution in [3.05, 3.63) is 70.6 Å². The van der Waals surface area contributed by atoms with E-state index in [0.717, 1.165) is 27.9 Å². The number of fused-ring (bicyclic) bond motifs is 1. The summed E-state index contributed by atoms with van der Waals surface area (Å²) in [7, 11) is 0. The number of aromatic amines is 1. The van der Waals surface area contributed by atoms with Crippen molar-refractivity contribution >= 4 is 33.3 Å². The Labute approximate surface area is 147 Å². The molecule has 0 unspecified atom stereocenters. The molecule has 0 atom stereocenters. The van der Waals surface area contributed by atoms with Gasteiger partial charge >= 0.3 is 0 Å². The monoisotopic (exact) mass is 350 g/mol. The number of hydrogen-bond donors (Lipinski definition) is 2. The number of carbonyl (C=O) groups is 1. The third-order valence-electron chi connectivity index (χ3n) is 3.91. The summed E-state index contributed by atoms with van der Waals surface area (Å²) in [6.07, 6.45) is 2.56. The highest BCUT2D eigenvalue weighted by Crippen LogP contribution is 2.33. The van der Waals surface area contributed by atoms with Crippen LogP contribution in [-0.2, 0) is 0 Å². The van der Waals surface area contributed by atoms with Gasteiger partial charge in [-0.2, -0.15) is 4.73 Å². The smallest absolute Gasteiger partial charge is 0.263 e. The molecule has 2 N–H and O–H groups in total. The second-order valence-corrected chi connectivity index (χ2v) is 6.47. The fourth-order valence-electron chi connectivity index (χ4n) is 2.81. The molecule has 3 heterocycles. The Balaban J connectivity index is 1.64. The molecule has 1 aromatic carbocycles.